The Balaban J connectivity index is -0.00000125. The summed E-state index contributed by atoms with van der Waals surface area (Å²) in [6.07, 6.45) is -22.5. The molecule has 0 fully saturated rings. The highest BCUT2D eigenvalue weighted by molar-refractivity contribution is 5.95. The number of quaternary nitrogens is 2. The van der Waals surface area contributed by atoms with Crippen LogP contribution in [0.3, 0.4) is 0 Å². The van der Waals surface area contributed by atoms with Gasteiger partial charge in [-0.15, -0.1) is 0 Å². The Morgan fingerprint density at radius 3 is 1.50 bits per heavy atom. The minimum Gasteiger partial charge on any atom is -0.542 e. The molecule has 0 heterocycles. The molecule has 0 spiro atoms. The molecule has 15 N–H and O–H groups in total. The van der Waals surface area contributed by atoms with Gasteiger partial charge in [0, 0.05) is 19.3 Å². The molecule has 32 heteroatoms. The monoisotopic (exact) mass is 902 g/mol. The average molecular weight is 903 g/mol. The Morgan fingerprint density at radius 1 is 0.750 bits per heavy atom. The molecule has 1 aromatic rings. The first-order valence-electron chi connectivity index (χ1n) is 15.3. The zero-order valence-electron chi connectivity index (χ0n) is 29.8. The van der Waals surface area contributed by atoms with E-state index in [1.165, 1.54) is 5.32 Å². The van der Waals surface area contributed by atoms with Crippen molar-refractivity contribution >= 4 is 53.5 Å². The van der Waals surface area contributed by atoms with Crippen LogP contribution < -0.4 is 59.2 Å². The number of carbonyl (C=O) groups is 8. The third kappa shape index (κ3) is 25.7. The Hall–Kier alpha value is -6.47. The van der Waals surface area contributed by atoms with Gasteiger partial charge in [-0.05, 0) is 5.56 Å². The fraction of sp³-hybridized carbons (Fsp3) is 0.464. The molecule has 1 aromatic carbocycles. The minimum absolute atomic E-state index is 0.0254. The van der Waals surface area contributed by atoms with Gasteiger partial charge in [-0.1, -0.05) is 30.3 Å². The number of hydrogen-bond acceptors (Lipinski definition) is 11. The zero-order valence-corrected chi connectivity index (χ0v) is 29.8. The number of guanidine groups is 1. The van der Waals surface area contributed by atoms with Crippen molar-refractivity contribution in [3.05, 3.63) is 35.9 Å². The highest BCUT2D eigenvalue weighted by Crippen LogP contribution is 2.30. The number of hydrogen-bond donors (Lipinski definition) is 9. The molecule has 0 saturated heterocycles. The molecule has 1 unspecified atom stereocenters. The standard InChI is InChI=1S/C22H31F3N8O6.3C2HF3O2/c23-22(24,25)21(29,7-4-8-30-20(27)28)19(39)31-11-15(34)32-14(10-16(35)36)18(38)33-13(17(26)37)9-12-5-2-1-3-6-12;3*3-2(4,5)1(6)7/h1-3,5-6,13-14H,4,7-11,29H2,(H2,26,37)(H,31,39)(H,32,34)(H,33,38)(H,35,36)(H4,27,28,30);3*(H,6,7)/t13?,14-,21-;;;/m0.../s1. The van der Waals surface area contributed by atoms with Gasteiger partial charge in [0.05, 0.1) is 19.5 Å². The van der Waals surface area contributed by atoms with Crippen LogP contribution in [0.15, 0.2) is 30.3 Å². The zero-order chi connectivity index (χ0) is 48.0. The number of halogens is 12. The molecule has 4 amide bonds. The summed E-state index contributed by atoms with van der Waals surface area (Å²) in [7, 11) is 0. The van der Waals surface area contributed by atoms with Crippen molar-refractivity contribution in [1.29, 1.82) is 0 Å². The second-order valence-electron chi connectivity index (χ2n) is 11.1. The van der Waals surface area contributed by atoms with Gasteiger partial charge >= 0.3 is 36.6 Å². The van der Waals surface area contributed by atoms with Gasteiger partial charge in [0.1, 0.15) is 30.0 Å². The Bertz CT molecular complexity index is 1590. The summed E-state index contributed by atoms with van der Waals surface area (Å²) < 4.78 is 136. The molecule has 0 aliphatic heterocycles. The topological polar surface area (TPSA) is 384 Å². The van der Waals surface area contributed by atoms with Crippen LogP contribution in [0.2, 0.25) is 0 Å². The van der Waals surface area contributed by atoms with Crippen molar-refractivity contribution in [2.24, 2.45) is 11.5 Å². The molecule has 1 rings (SSSR count). The van der Waals surface area contributed by atoms with Gasteiger partial charge < -0.3 is 62.2 Å². The maximum Gasteiger partial charge on any atom is 0.453 e. The quantitative estimate of drug-likeness (QED) is 0.0342. The van der Waals surface area contributed by atoms with E-state index in [-0.39, 0.29) is 25.3 Å². The Kier molecular flexibility index (Phi) is 24.2. The van der Waals surface area contributed by atoms with Crippen molar-refractivity contribution in [2.45, 2.75) is 68.0 Å². The van der Waals surface area contributed by atoms with E-state index in [4.69, 9.17) is 51.7 Å². The Labute approximate surface area is 326 Å². The van der Waals surface area contributed by atoms with Crippen LogP contribution in [0, 0.1) is 0 Å². The van der Waals surface area contributed by atoms with Gasteiger partial charge in [-0.25, -0.2) is 16.5 Å². The summed E-state index contributed by atoms with van der Waals surface area (Å²) >= 11 is 0. The number of aliphatic carboxylic acids is 4. The molecule has 0 radical (unpaired) electrons. The number of rotatable bonds is 15. The smallest absolute Gasteiger partial charge is 0.453 e. The molecule has 0 aliphatic rings. The number of carboxylic acids is 4. The summed E-state index contributed by atoms with van der Waals surface area (Å²) in [6.45, 7) is -0.972. The molecule has 342 valence electrons. The van der Waals surface area contributed by atoms with Gasteiger partial charge in [0.2, 0.25) is 17.7 Å². The number of alkyl halides is 12. The molecular formula is C28H34F12N8O12. The van der Waals surface area contributed by atoms with Crippen LogP contribution in [-0.4, -0.2) is 114 Å². The largest absolute Gasteiger partial charge is 0.542 e. The van der Waals surface area contributed by atoms with Crippen molar-refractivity contribution < 1.29 is 128 Å². The number of carboxylic acid groups (broad SMARTS) is 4. The van der Waals surface area contributed by atoms with Crippen LogP contribution >= 0.6 is 0 Å². The summed E-state index contributed by atoms with van der Waals surface area (Å²) in [5.74, 6) is -15.4. The minimum atomic E-state index is -5.19. The lowest BCUT2D eigenvalue weighted by molar-refractivity contribution is -0.572. The molecule has 0 bridgehead atoms. The molecule has 3 atom stereocenters. The number of nitrogens with one attached hydrogen (secondary N) is 3. The van der Waals surface area contributed by atoms with Crippen molar-refractivity contribution in [1.82, 2.24) is 16.0 Å². The molecule has 20 nitrogen and oxygen atoms in total. The summed E-state index contributed by atoms with van der Waals surface area (Å²) in [5, 5.41) is 48.1. The molecule has 0 saturated carbocycles. The van der Waals surface area contributed by atoms with E-state index in [1.54, 1.807) is 30.3 Å². The van der Waals surface area contributed by atoms with Crippen molar-refractivity contribution in [3.8, 4) is 0 Å². The van der Waals surface area contributed by atoms with Crippen LogP contribution in [0.1, 0.15) is 24.8 Å². The highest BCUT2D eigenvalue weighted by atomic mass is 19.4. The van der Waals surface area contributed by atoms with E-state index in [0.29, 0.717) is 5.56 Å². The second-order valence-corrected chi connectivity index (χ2v) is 11.1. The number of primary amides is 1. The SMILES string of the molecule is NC(=[NH2+])[NH2+]CCC[C@]([NH3+])(C(=O)NCC(=O)N[C@@H](CC(=O)O)C(=O)NC(Cc1ccccc1)C(N)=O)C(F)(F)F.O=C([O-])C(F)(F)F.O=C([O-])C(F)(F)F.O=C([O-])C(F)(F)F. The van der Waals surface area contributed by atoms with E-state index >= 15 is 0 Å². The normalized spacial score (nSPS) is 13.2. The van der Waals surface area contributed by atoms with E-state index in [2.05, 4.69) is 11.1 Å². The fourth-order valence-corrected chi connectivity index (χ4v) is 3.36. The van der Waals surface area contributed by atoms with Gasteiger partial charge in [-0.2, -0.15) is 52.7 Å². The maximum absolute atomic E-state index is 13.6. The van der Waals surface area contributed by atoms with E-state index < -0.39 is 109 Å². The summed E-state index contributed by atoms with van der Waals surface area (Å²) in [5.41, 5.74) is 11.1. The van der Waals surface area contributed by atoms with Gasteiger partial charge in [0.25, 0.3) is 11.4 Å². The summed E-state index contributed by atoms with van der Waals surface area (Å²) in [6, 6.07) is 5.43. The van der Waals surface area contributed by atoms with Crippen LogP contribution in [-0.2, 0) is 44.8 Å². The summed E-state index contributed by atoms with van der Waals surface area (Å²) in [4.78, 5) is 86.8. The van der Waals surface area contributed by atoms with Crippen LogP contribution in [0.4, 0.5) is 52.7 Å². The van der Waals surface area contributed by atoms with E-state index in [0.717, 1.165) is 0 Å². The number of benzene rings is 1. The first-order valence-corrected chi connectivity index (χ1v) is 15.3. The lowest BCUT2D eigenvalue weighted by Crippen LogP contribution is -2.97. The molecule has 0 aliphatic carbocycles. The molecule has 60 heavy (non-hydrogen) atoms. The number of amides is 4. The van der Waals surface area contributed by atoms with Gasteiger partial charge in [-0.3, -0.25) is 24.0 Å². The van der Waals surface area contributed by atoms with Crippen LogP contribution in [0.5, 0.6) is 0 Å². The van der Waals surface area contributed by atoms with Crippen LogP contribution in [0.25, 0.3) is 0 Å². The van der Waals surface area contributed by atoms with E-state index in [9.17, 15) is 76.7 Å². The predicted molar refractivity (Wildman–Crippen MR) is 160 cm³/mol. The highest BCUT2D eigenvalue weighted by Gasteiger charge is 2.61. The molecular weight excluding hydrogens is 868 g/mol. The number of nitrogens with two attached hydrogens (primary N) is 4. The lowest BCUT2D eigenvalue weighted by atomic mass is 9.92. The second kappa shape index (κ2) is 25.1. The van der Waals surface area contributed by atoms with E-state index in [1.807, 2.05) is 10.6 Å². The first kappa shape index (κ1) is 57.9. The molecule has 0 aromatic heterocycles. The Morgan fingerprint density at radius 2 is 1.17 bits per heavy atom. The lowest BCUT2D eigenvalue weighted by Gasteiger charge is -2.26. The number of carbonyl (C=O) groups excluding carboxylic acids is 7. The predicted octanol–water partition coefficient (Wildman–Crippen LogP) is -7.87. The average Bonchev–Trinajstić information content (AvgIpc) is 3.07. The van der Waals surface area contributed by atoms with Crippen molar-refractivity contribution in [3.63, 3.8) is 0 Å². The third-order valence-electron chi connectivity index (χ3n) is 6.24. The first-order chi connectivity index (χ1) is 26.9. The van der Waals surface area contributed by atoms with Gasteiger partial charge in [0.15, 0.2) is 0 Å². The third-order valence-corrected chi connectivity index (χ3v) is 6.24. The van der Waals surface area contributed by atoms with Crippen molar-refractivity contribution in [2.75, 3.05) is 13.1 Å². The maximum atomic E-state index is 13.6. The fourth-order valence-electron chi connectivity index (χ4n) is 3.36.